The summed E-state index contributed by atoms with van der Waals surface area (Å²) in [5, 5.41) is 0. The fraction of sp³-hybridized carbons (Fsp3) is 0.0233. The SMILES string of the molecule is O=C1c2ccccc2C(=O)N1C1(c2ccccc2)C(c2ccccc2)=C(c2ccccc2)C(c2ccccc2)=C1c1ccccc1. The monoisotopic (exact) mass is 591 g/mol. The van der Waals surface area contributed by atoms with Crippen LogP contribution in [0.3, 0.4) is 0 Å². The van der Waals surface area contributed by atoms with Crippen molar-refractivity contribution in [3.63, 3.8) is 0 Å². The van der Waals surface area contributed by atoms with E-state index in [4.69, 9.17) is 0 Å². The van der Waals surface area contributed by atoms with Crippen molar-refractivity contribution < 1.29 is 9.59 Å². The van der Waals surface area contributed by atoms with Crippen LogP contribution in [0.25, 0.3) is 22.3 Å². The van der Waals surface area contributed by atoms with Gasteiger partial charge in [-0.2, -0.15) is 0 Å². The number of carbonyl (C=O) groups is 2. The summed E-state index contributed by atoms with van der Waals surface area (Å²) in [6.45, 7) is 0. The van der Waals surface area contributed by atoms with Gasteiger partial charge in [0.25, 0.3) is 11.8 Å². The molecule has 3 heteroatoms. The second kappa shape index (κ2) is 11.1. The zero-order valence-electron chi connectivity index (χ0n) is 25.0. The zero-order valence-corrected chi connectivity index (χ0v) is 25.0. The fourth-order valence-corrected chi connectivity index (χ4v) is 7.25. The van der Waals surface area contributed by atoms with Gasteiger partial charge >= 0.3 is 0 Å². The molecule has 8 rings (SSSR count). The smallest absolute Gasteiger partial charge is 0.262 e. The minimum absolute atomic E-state index is 0.312. The minimum Gasteiger partial charge on any atom is -0.269 e. The van der Waals surface area contributed by atoms with Crippen molar-refractivity contribution >= 4 is 34.1 Å². The maximum Gasteiger partial charge on any atom is 0.262 e. The van der Waals surface area contributed by atoms with Crippen LogP contribution in [0.2, 0.25) is 0 Å². The summed E-state index contributed by atoms with van der Waals surface area (Å²) in [4.78, 5) is 31.3. The Bertz CT molecular complexity index is 2020. The Balaban J connectivity index is 1.64. The molecule has 0 fully saturated rings. The summed E-state index contributed by atoms with van der Waals surface area (Å²) >= 11 is 0. The molecular weight excluding hydrogens is 562 g/mol. The summed E-state index contributed by atoms with van der Waals surface area (Å²) in [5.74, 6) is -0.624. The van der Waals surface area contributed by atoms with Crippen molar-refractivity contribution in [1.82, 2.24) is 4.90 Å². The predicted molar refractivity (Wildman–Crippen MR) is 184 cm³/mol. The number of hydrogen-bond donors (Lipinski definition) is 0. The second-order valence-electron chi connectivity index (χ2n) is 11.5. The van der Waals surface area contributed by atoms with Crippen LogP contribution < -0.4 is 0 Å². The average molecular weight is 592 g/mol. The van der Waals surface area contributed by atoms with Crippen molar-refractivity contribution in [2.45, 2.75) is 5.54 Å². The van der Waals surface area contributed by atoms with Crippen molar-refractivity contribution in [2.75, 3.05) is 0 Å². The number of imide groups is 1. The first-order chi connectivity index (χ1) is 22.7. The molecule has 3 nitrogen and oxygen atoms in total. The van der Waals surface area contributed by atoms with Crippen molar-refractivity contribution in [3.8, 4) is 0 Å². The van der Waals surface area contributed by atoms with Crippen LogP contribution in [-0.2, 0) is 5.54 Å². The van der Waals surface area contributed by atoms with E-state index in [0.29, 0.717) is 11.1 Å². The lowest BCUT2D eigenvalue weighted by atomic mass is 9.72. The highest BCUT2D eigenvalue weighted by atomic mass is 16.2. The van der Waals surface area contributed by atoms with Gasteiger partial charge in [-0.1, -0.05) is 164 Å². The number of nitrogens with zero attached hydrogens (tertiary/aromatic N) is 1. The number of hydrogen-bond acceptors (Lipinski definition) is 2. The molecule has 0 saturated carbocycles. The first kappa shape index (κ1) is 27.5. The third-order valence-corrected chi connectivity index (χ3v) is 9.04. The number of fused-ring (bicyclic) bond motifs is 1. The molecule has 0 aromatic heterocycles. The molecule has 1 aliphatic carbocycles. The molecule has 6 aromatic rings. The third-order valence-electron chi connectivity index (χ3n) is 9.04. The predicted octanol–water partition coefficient (Wildman–Crippen LogP) is 9.41. The quantitative estimate of drug-likeness (QED) is 0.181. The van der Waals surface area contributed by atoms with Crippen LogP contribution in [0.1, 0.15) is 48.5 Å². The van der Waals surface area contributed by atoms with E-state index < -0.39 is 5.54 Å². The molecule has 0 unspecified atom stereocenters. The molecule has 0 saturated heterocycles. The average Bonchev–Trinajstić information content (AvgIpc) is 3.59. The molecule has 218 valence electrons. The topological polar surface area (TPSA) is 37.4 Å². The number of amides is 2. The van der Waals surface area contributed by atoms with Crippen LogP contribution in [0, 0.1) is 0 Å². The standard InChI is InChI=1S/C43H29NO2/c45-41-35-28-16-17-29-36(35)42(46)44(41)43(34-26-14-5-15-27-34)39(32-22-10-3-11-23-32)37(30-18-6-1-7-19-30)38(31-20-8-2-9-21-31)40(43)33-24-12-4-13-25-33/h1-29H. The normalized spacial score (nSPS) is 15.4. The van der Waals surface area contributed by atoms with Gasteiger partial charge in [0.1, 0.15) is 5.54 Å². The third kappa shape index (κ3) is 4.06. The van der Waals surface area contributed by atoms with Gasteiger partial charge in [-0.25, -0.2) is 0 Å². The molecular formula is C43H29NO2. The van der Waals surface area contributed by atoms with Gasteiger partial charge in [0, 0.05) is 11.1 Å². The molecule has 6 aromatic carbocycles. The van der Waals surface area contributed by atoms with E-state index in [0.717, 1.165) is 50.1 Å². The van der Waals surface area contributed by atoms with Crippen LogP contribution in [-0.4, -0.2) is 16.7 Å². The first-order valence-corrected chi connectivity index (χ1v) is 15.5. The molecule has 0 radical (unpaired) electrons. The molecule has 46 heavy (non-hydrogen) atoms. The van der Waals surface area contributed by atoms with Crippen molar-refractivity contribution in [1.29, 1.82) is 0 Å². The van der Waals surface area contributed by atoms with E-state index in [1.165, 1.54) is 4.90 Å². The van der Waals surface area contributed by atoms with E-state index in [1.807, 2.05) is 115 Å². The summed E-state index contributed by atoms with van der Waals surface area (Å²) in [5.41, 5.74) is 7.95. The summed E-state index contributed by atoms with van der Waals surface area (Å²) < 4.78 is 0. The lowest BCUT2D eigenvalue weighted by Gasteiger charge is -2.43. The molecule has 0 bridgehead atoms. The number of allylic oxidation sites excluding steroid dienone is 2. The lowest BCUT2D eigenvalue weighted by Crippen LogP contribution is -2.50. The molecule has 0 atom stereocenters. The van der Waals surface area contributed by atoms with Gasteiger partial charge in [-0.05, 0) is 51.1 Å². The second-order valence-corrected chi connectivity index (χ2v) is 11.5. The van der Waals surface area contributed by atoms with Gasteiger partial charge in [0.15, 0.2) is 0 Å². The molecule has 1 aliphatic heterocycles. The Morgan fingerprint density at radius 1 is 0.348 bits per heavy atom. The Morgan fingerprint density at radius 3 is 1.02 bits per heavy atom. The van der Waals surface area contributed by atoms with Gasteiger partial charge in [0.05, 0.1) is 11.1 Å². The summed E-state index contributed by atoms with van der Waals surface area (Å²) in [6.07, 6.45) is 0. The van der Waals surface area contributed by atoms with E-state index in [-0.39, 0.29) is 11.8 Å². The molecule has 0 N–H and O–H groups in total. The molecule has 2 amide bonds. The molecule has 0 spiro atoms. The Kier molecular flexibility index (Phi) is 6.66. The Hall–Kier alpha value is -6.06. The first-order valence-electron chi connectivity index (χ1n) is 15.5. The van der Waals surface area contributed by atoms with Crippen LogP contribution in [0.15, 0.2) is 176 Å². The number of rotatable bonds is 6. The van der Waals surface area contributed by atoms with E-state index in [9.17, 15) is 9.59 Å². The van der Waals surface area contributed by atoms with Crippen LogP contribution in [0.5, 0.6) is 0 Å². The van der Waals surface area contributed by atoms with Crippen molar-refractivity contribution in [2.24, 2.45) is 0 Å². The van der Waals surface area contributed by atoms with E-state index >= 15 is 0 Å². The highest BCUT2D eigenvalue weighted by Gasteiger charge is 2.59. The Labute approximate surface area is 268 Å². The van der Waals surface area contributed by atoms with Crippen molar-refractivity contribution in [3.05, 3.63) is 215 Å². The van der Waals surface area contributed by atoms with Gasteiger partial charge in [-0.15, -0.1) is 0 Å². The number of carbonyl (C=O) groups excluding carboxylic acids is 2. The summed E-state index contributed by atoms with van der Waals surface area (Å²) in [6, 6.07) is 58.3. The van der Waals surface area contributed by atoms with Crippen LogP contribution >= 0.6 is 0 Å². The Morgan fingerprint density at radius 2 is 0.652 bits per heavy atom. The van der Waals surface area contributed by atoms with Crippen LogP contribution in [0.4, 0.5) is 0 Å². The maximum atomic E-state index is 14.9. The highest BCUT2D eigenvalue weighted by molar-refractivity contribution is 6.34. The largest absolute Gasteiger partial charge is 0.269 e. The highest BCUT2D eigenvalue weighted by Crippen LogP contribution is 2.64. The molecule has 2 aliphatic rings. The van der Waals surface area contributed by atoms with Gasteiger partial charge in [-0.3, -0.25) is 14.5 Å². The zero-order chi connectivity index (χ0) is 31.1. The summed E-state index contributed by atoms with van der Waals surface area (Å²) in [7, 11) is 0. The number of benzene rings is 6. The minimum atomic E-state index is -1.33. The van der Waals surface area contributed by atoms with Gasteiger partial charge in [0.2, 0.25) is 0 Å². The molecule has 1 heterocycles. The van der Waals surface area contributed by atoms with E-state index in [2.05, 4.69) is 48.5 Å². The fourth-order valence-electron chi connectivity index (χ4n) is 7.25. The lowest BCUT2D eigenvalue weighted by molar-refractivity contribution is 0.0569. The maximum absolute atomic E-state index is 14.9. The van der Waals surface area contributed by atoms with E-state index in [1.54, 1.807) is 12.1 Å². The van der Waals surface area contributed by atoms with Gasteiger partial charge < -0.3 is 0 Å².